The van der Waals surface area contributed by atoms with E-state index >= 15 is 0 Å². The van der Waals surface area contributed by atoms with E-state index in [1.54, 1.807) is 34.5 Å². The predicted molar refractivity (Wildman–Crippen MR) is 363 cm³/mol. The van der Waals surface area contributed by atoms with Gasteiger partial charge in [-0.1, -0.05) is 85.5 Å². The highest BCUT2D eigenvalue weighted by Crippen LogP contribution is 2.61. The van der Waals surface area contributed by atoms with E-state index < -0.39 is 24.2 Å². The lowest BCUT2D eigenvalue weighted by Gasteiger charge is -2.60. The number of nitrogens with zero attached hydrogens (tertiary/aromatic N) is 6. The van der Waals surface area contributed by atoms with E-state index in [9.17, 15) is 25.2 Å². The number of esters is 2. The molecule has 4 bridgehead atoms. The van der Waals surface area contributed by atoms with Crippen LogP contribution in [0, 0.1) is 50.4 Å². The van der Waals surface area contributed by atoms with Crippen molar-refractivity contribution in [2.45, 2.75) is 139 Å². The maximum Gasteiger partial charge on any atom is 0.306 e. The monoisotopic (exact) mass is 1350 g/mol. The van der Waals surface area contributed by atoms with Crippen LogP contribution in [-0.4, -0.2) is 162 Å². The second kappa shape index (κ2) is 28.9. The molecule has 0 aliphatic carbocycles. The third kappa shape index (κ3) is 12.1. The van der Waals surface area contributed by atoms with Crippen LogP contribution in [0.1, 0.15) is 115 Å². The van der Waals surface area contributed by atoms with Gasteiger partial charge in [0.1, 0.15) is 43.4 Å². The number of hydrogen-bond acceptors (Lipinski definition) is 22. The number of phenolic OH excluding ortho intramolecular Hbond substituents is 1. The zero-order chi connectivity index (χ0) is 69.5. The highest BCUT2D eigenvalue weighted by atomic mass is 16.7. The molecule has 10 atom stereocenters. The van der Waals surface area contributed by atoms with E-state index in [1.807, 2.05) is 95.4 Å². The Morgan fingerprint density at radius 2 is 1.00 bits per heavy atom. The van der Waals surface area contributed by atoms with Crippen molar-refractivity contribution in [1.29, 1.82) is 10.5 Å². The fraction of sp³-hybridized carbons (Fsp3) is 0.455. The van der Waals surface area contributed by atoms with E-state index in [0.717, 1.165) is 61.2 Å². The maximum absolute atomic E-state index is 13.4. The molecule has 99 heavy (non-hydrogen) atoms. The summed E-state index contributed by atoms with van der Waals surface area (Å²) in [4.78, 5) is 35.6. The van der Waals surface area contributed by atoms with Crippen LogP contribution in [0.15, 0.2) is 85.5 Å². The summed E-state index contributed by atoms with van der Waals surface area (Å²) >= 11 is 0. The Labute approximate surface area is 577 Å². The Balaban J connectivity index is 0.000000178. The number of aryl methyl sites for hydroxylation is 4. The molecule has 520 valence electrons. The number of methoxy groups -OCH3 is 4. The minimum absolute atomic E-state index is 0.0153. The second-order valence-corrected chi connectivity index (χ2v) is 26.5. The number of ether oxygens (including phenoxy) is 13. The fourth-order valence-corrected chi connectivity index (χ4v) is 17.1. The number of piperazine rings is 2. The second-order valence-electron chi connectivity index (χ2n) is 26.5. The largest absolute Gasteiger partial charge is 0.507 e. The molecule has 22 heteroatoms. The minimum atomic E-state index is -0.582. The SMILES string of the molecule is C=CCOc1c(C)c2c(c3c1CC1[C@H]4c5c(cc(C)c(OC)c5OCOC)C[C@@H]([C@H](C#N)N1[C@H]3COC(=O)CCc1ccccc1)N4C)OCO2.COCOc1c(OC)c(C)cc2c1[C@@H]1C3Cc4c(O)c(C)c5c(c4[C@H](COC(=O)CCc4ccccc4)N3[C@@H](C#N)[C@H](C2)N1C)OCO5. The summed E-state index contributed by atoms with van der Waals surface area (Å²) in [6, 6.07) is 25.7. The number of carbonyl (C=O) groups is 2. The molecule has 0 spiro atoms. The van der Waals surface area contributed by atoms with Gasteiger partial charge in [-0.3, -0.25) is 29.2 Å². The van der Waals surface area contributed by atoms with Crippen LogP contribution in [0.5, 0.6) is 57.5 Å². The first kappa shape index (κ1) is 68.3. The lowest BCUT2D eigenvalue weighted by molar-refractivity contribution is -0.150. The minimum Gasteiger partial charge on any atom is -0.507 e. The van der Waals surface area contributed by atoms with Crippen LogP contribution in [0.2, 0.25) is 0 Å². The van der Waals surface area contributed by atoms with Crippen molar-refractivity contribution in [1.82, 2.24) is 19.6 Å². The zero-order valence-corrected chi connectivity index (χ0v) is 57.8. The average Bonchev–Trinajstić information content (AvgIpc) is 1.41. The first-order chi connectivity index (χ1) is 48.1. The maximum atomic E-state index is 13.4. The smallest absolute Gasteiger partial charge is 0.306 e. The Morgan fingerprint density at radius 3 is 1.43 bits per heavy atom. The van der Waals surface area contributed by atoms with Gasteiger partial charge in [-0.25, -0.2) is 0 Å². The molecule has 0 aromatic heterocycles. The molecule has 6 aromatic rings. The van der Waals surface area contributed by atoms with Crippen LogP contribution in [0.4, 0.5) is 0 Å². The Bertz CT molecular complexity index is 4160. The zero-order valence-electron chi connectivity index (χ0n) is 57.8. The number of carbonyl (C=O) groups excluding carboxylic acids is 2. The van der Waals surface area contributed by atoms with Gasteiger partial charge in [0, 0.05) is 95.7 Å². The first-order valence-corrected chi connectivity index (χ1v) is 33.7. The van der Waals surface area contributed by atoms with Gasteiger partial charge >= 0.3 is 11.9 Å². The van der Waals surface area contributed by atoms with Crippen LogP contribution >= 0.6 is 0 Å². The normalized spacial score (nSPS) is 23.4. The molecule has 2 fully saturated rings. The molecule has 8 heterocycles. The molecular weight excluding hydrogens is 1260 g/mol. The van der Waals surface area contributed by atoms with E-state index in [2.05, 4.69) is 57.5 Å². The summed E-state index contributed by atoms with van der Waals surface area (Å²) in [7, 11) is 10.6. The van der Waals surface area contributed by atoms with Crippen LogP contribution in [0.3, 0.4) is 0 Å². The Morgan fingerprint density at radius 1 is 0.566 bits per heavy atom. The standard InChI is InChI=1S/C40H45N3O8.C37H41N3O8/c1-7-15-47-37-24(3)38-40(51-22-50-38)34-27(37)18-29-35-33-26(16-23(2)36(46-6)39(33)49-21-45-5)17-28(42(35)4)30(19-41)43(29)31(34)20-48-32(44)14-13-25-11-9-8-10-12-25;1-20-13-23-14-25-27(16-38)40-26(32(39(25)3)30(23)36(34(20)44-5)46-18-43-4)15-24-31(37-35(47-19-48-37)21(2)33(24)42)28(40)17-45-29(41)12-11-22-9-7-6-8-10-22/h7-12,16,28-31,35H,1,13-15,17-18,20-22H2,2-6H3;6-10,13,25-28,32,42H,11-12,14-15,17-19H2,1-5H3/t28-,29?,30-,31-,35-;25-,26?,27-,28-,32-/m00/s1. The quantitative estimate of drug-likeness (QED) is 0.0401. The number of aromatic hydroxyl groups is 1. The molecule has 1 N–H and O–H groups in total. The molecular formula is C77H86N6O16. The van der Waals surface area contributed by atoms with Crippen LogP contribution < -0.4 is 42.6 Å². The van der Waals surface area contributed by atoms with Gasteiger partial charge in [-0.2, -0.15) is 10.5 Å². The van der Waals surface area contributed by atoms with E-state index in [0.29, 0.717) is 114 Å². The molecule has 14 rings (SSSR count). The Kier molecular flexibility index (Phi) is 19.9. The molecule has 8 aliphatic heterocycles. The summed E-state index contributed by atoms with van der Waals surface area (Å²) in [6.45, 7) is 12.1. The van der Waals surface area contributed by atoms with Crippen molar-refractivity contribution < 1.29 is 76.3 Å². The number of benzene rings is 6. The van der Waals surface area contributed by atoms with E-state index in [1.165, 1.54) is 0 Å². The van der Waals surface area contributed by atoms with E-state index in [4.69, 9.17) is 61.6 Å². The van der Waals surface area contributed by atoms with Crippen molar-refractivity contribution >= 4 is 11.9 Å². The number of hydrogen-bond donors (Lipinski definition) is 1. The summed E-state index contributed by atoms with van der Waals surface area (Å²) < 4.78 is 77.8. The molecule has 2 saturated heterocycles. The summed E-state index contributed by atoms with van der Waals surface area (Å²) in [6.07, 6.45) is 5.44. The van der Waals surface area contributed by atoms with Gasteiger partial charge < -0.3 is 66.7 Å². The molecule has 6 aromatic carbocycles. The number of likely N-dealkylation sites (N-methyl/N-ethyl adjacent to an activating group) is 2. The molecule has 0 radical (unpaired) electrons. The van der Waals surface area contributed by atoms with Gasteiger partial charge in [0.2, 0.25) is 13.6 Å². The molecule has 2 unspecified atom stereocenters. The Hall–Kier alpha value is -9.26. The molecule has 8 aliphatic rings. The molecule has 0 saturated carbocycles. The van der Waals surface area contributed by atoms with Crippen molar-refractivity contribution in [2.24, 2.45) is 0 Å². The lowest BCUT2D eigenvalue weighted by atomic mass is 9.71. The third-order valence-electron chi connectivity index (χ3n) is 21.2. The van der Waals surface area contributed by atoms with Crippen molar-refractivity contribution in [3.63, 3.8) is 0 Å². The summed E-state index contributed by atoms with van der Waals surface area (Å²) in [5.41, 5.74) is 12.8. The van der Waals surface area contributed by atoms with Crippen LogP contribution in [-0.2, 0) is 67.1 Å². The first-order valence-electron chi connectivity index (χ1n) is 33.7. The van der Waals surface area contributed by atoms with Crippen LogP contribution in [0.25, 0.3) is 0 Å². The van der Waals surface area contributed by atoms with Crippen molar-refractivity contribution in [3.8, 4) is 69.6 Å². The molecule has 22 nitrogen and oxygen atoms in total. The third-order valence-corrected chi connectivity index (χ3v) is 21.2. The predicted octanol–water partition coefficient (Wildman–Crippen LogP) is 10.2. The van der Waals surface area contributed by atoms with Gasteiger partial charge in [0.25, 0.3) is 0 Å². The number of phenols is 1. The topological polar surface area (TPSA) is 235 Å². The van der Waals surface area contributed by atoms with Gasteiger partial charge in [-0.15, -0.1) is 0 Å². The lowest BCUT2D eigenvalue weighted by Crippen LogP contribution is -2.68. The summed E-state index contributed by atoms with van der Waals surface area (Å²) in [5, 5.41) is 33.6. The van der Waals surface area contributed by atoms with Crippen molar-refractivity contribution in [2.75, 3.05) is 89.5 Å². The average molecular weight is 1350 g/mol. The number of nitriles is 2. The van der Waals surface area contributed by atoms with Gasteiger partial charge in [-0.05, 0) is 114 Å². The fourth-order valence-electron chi connectivity index (χ4n) is 17.1. The summed E-state index contributed by atoms with van der Waals surface area (Å²) in [5.74, 6) is 4.94. The van der Waals surface area contributed by atoms with E-state index in [-0.39, 0.29) is 107 Å². The highest BCUT2D eigenvalue weighted by molar-refractivity contribution is 5.72. The highest BCUT2D eigenvalue weighted by Gasteiger charge is 2.59. The van der Waals surface area contributed by atoms with Gasteiger partial charge in [0.05, 0.1) is 50.5 Å². The molecule has 0 amide bonds. The van der Waals surface area contributed by atoms with Crippen molar-refractivity contribution in [3.05, 3.63) is 163 Å². The number of rotatable bonds is 21. The number of fused-ring (bicyclic) bond motifs is 18. The van der Waals surface area contributed by atoms with Gasteiger partial charge in [0.15, 0.2) is 59.6 Å².